The van der Waals surface area contributed by atoms with Crippen LogP contribution < -0.4 is 4.74 Å². The lowest BCUT2D eigenvalue weighted by molar-refractivity contribution is 0.353. The van der Waals surface area contributed by atoms with Crippen LogP contribution in [0.5, 0.6) is 5.75 Å². The first-order valence-corrected chi connectivity index (χ1v) is 6.93. The molecule has 1 aromatic rings. The van der Waals surface area contributed by atoms with Crippen molar-refractivity contribution in [1.82, 2.24) is 0 Å². The van der Waals surface area contributed by atoms with E-state index < -0.39 is 0 Å². The van der Waals surface area contributed by atoms with Crippen molar-refractivity contribution in [2.45, 2.75) is 50.8 Å². The molecule has 1 aliphatic carbocycles. The van der Waals surface area contributed by atoms with Gasteiger partial charge in [-0.25, -0.2) is 0 Å². The van der Waals surface area contributed by atoms with Crippen molar-refractivity contribution < 1.29 is 4.74 Å². The Kier molecular flexibility index (Phi) is 4.04. The number of hydrogen-bond acceptors (Lipinski definition) is 1. The van der Waals surface area contributed by atoms with Crippen LogP contribution in [0.1, 0.15) is 45.1 Å². The summed E-state index contributed by atoms with van der Waals surface area (Å²) in [6.45, 7) is 4.69. The van der Waals surface area contributed by atoms with Crippen LogP contribution in [0.3, 0.4) is 0 Å². The van der Waals surface area contributed by atoms with E-state index in [2.05, 4.69) is 32.0 Å². The Labute approximate surface area is 112 Å². The number of methoxy groups -OCH3 is 1. The van der Waals surface area contributed by atoms with E-state index in [0.29, 0.717) is 5.82 Å². The molecule has 1 aromatic carbocycles. The van der Waals surface area contributed by atoms with Gasteiger partial charge in [0.2, 0.25) is 0 Å². The maximum Gasteiger partial charge on any atom is 0.119 e. The van der Waals surface area contributed by atoms with Gasteiger partial charge >= 0.3 is 0 Å². The lowest BCUT2D eigenvalue weighted by Crippen LogP contribution is -2.24. The molecule has 3 unspecified atom stereocenters. The standard InChI is InChI=1S/C16H23BO/c1-12-7-8-14(17)11-16(2,10-12)13-5-4-6-15(9-13)18-3/h4-6,9,12,14H,7-8,10-11H2,1-3H3. The summed E-state index contributed by atoms with van der Waals surface area (Å²) in [5, 5.41) is 0. The summed E-state index contributed by atoms with van der Waals surface area (Å²) in [6.07, 6.45) is 4.69. The van der Waals surface area contributed by atoms with E-state index in [1.165, 1.54) is 18.4 Å². The van der Waals surface area contributed by atoms with Crippen molar-refractivity contribution in [3.8, 4) is 5.75 Å². The molecular weight excluding hydrogens is 219 g/mol. The number of benzene rings is 1. The van der Waals surface area contributed by atoms with E-state index in [-0.39, 0.29) is 5.41 Å². The summed E-state index contributed by atoms with van der Waals surface area (Å²) in [4.78, 5) is 0. The maximum absolute atomic E-state index is 6.25. The highest BCUT2D eigenvalue weighted by Crippen LogP contribution is 2.44. The van der Waals surface area contributed by atoms with Crippen LogP contribution in [0.25, 0.3) is 0 Å². The molecule has 0 amide bonds. The molecule has 0 bridgehead atoms. The van der Waals surface area contributed by atoms with Crippen molar-refractivity contribution >= 4 is 7.85 Å². The lowest BCUT2D eigenvalue weighted by Gasteiger charge is -2.32. The van der Waals surface area contributed by atoms with E-state index in [0.717, 1.165) is 24.5 Å². The average Bonchev–Trinajstić information content (AvgIpc) is 2.49. The molecule has 0 heterocycles. The molecule has 18 heavy (non-hydrogen) atoms. The first-order valence-electron chi connectivity index (χ1n) is 6.93. The first kappa shape index (κ1) is 13.5. The van der Waals surface area contributed by atoms with E-state index in [1.807, 2.05) is 6.07 Å². The topological polar surface area (TPSA) is 9.23 Å². The molecule has 1 aliphatic rings. The van der Waals surface area contributed by atoms with E-state index in [1.54, 1.807) is 7.11 Å². The number of hydrogen-bond donors (Lipinski definition) is 0. The highest BCUT2D eigenvalue weighted by atomic mass is 16.5. The molecule has 0 N–H and O–H groups in total. The minimum atomic E-state index is 0.184. The van der Waals surface area contributed by atoms with Gasteiger partial charge in [-0.15, -0.1) is 0 Å². The Hall–Kier alpha value is -0.915. The van der Waals surface area contributed by atoms with Crippen molar-refractivity contribution in [2.75, 3.05) is 7.11 Å². The molecule has 1 saturated carbocycles. The molecule has 0 aliphatic heterocycles. The van der Waals surface area contributed by atoms with Crippen LogP contribution in [0.4, 0.5) is 0 Å². The largest absolute Gasteiger partial charge is 0.497 e. The quantitative estimate of drug-likeness (QED) is 0.560. The molecular formula is C16H23BO. The summed E-state index contributed by atoms with van der Waals surface area (Å²) in [6, 6.07) is 8.48. The Balaban J connectivity index is 2.31. The van der Waals surface area contributed by atoms with Gasteiger partial charge in [0.25, 0.3) is 0 Å². The molecule has 1 nitrogen and oxygen atoms in total. The number of ether oxygens (including phenoxy) is 1. The normalized spacial score (nSPS) is 32.8. The molecule has 0 saturated heterocycles. The summed E-state index contributed by atoms with van der Waals surface area (Å²) >= 11 is 0. The lowest BCUT2D eigenvalue weighted by atomic mass is 9.68. The van der Waals surface area contributed by atoms with E-state index in [9.17, 15) is 0 Å². The molecule has 0 aromatic heterocycles. The van der Waals surface area contributed by atoms with Crippen LogP contribution in [0, 0.1) is 5.92 Å². The minimum Gasteiger partial charge on any atom is -0.497 e. The van der Waals surface area contributed by atoms with Gasteiger partial charge in [-0.2, -0.15) is 0 Å². The zero-order valence-electron chi connectivity index (χ0n) is 11.8. The van der Waals surface area contributed by atoms with Gasteiger partial charge in [0.1, 0.15) is 5.75 Å². The van der Waals surface area contributed by atoms with E-state index in [4.69, 9.17) is 12.6 Å². The van der Waals surface area contributed by atoms with Crippen LogP contribution >= 0.6 is 0 Å². The highest BCUT2D eigenvalue weighted by Gasteiger charge is 2.33. The molecule has 2 rings (SSSR count). The number of rotatable bonds is 2. The van der Waals surface area contributed by atoms with Gasteiger partial charge in [0.15, 0.2) is 0 Å². The van der Waals surface area contributed by atoms with Crippen LogP contribution in [-0.4, -0.2) is 15.0 Å². The van der Waals surface area contributed by atoms with Crippen LogP contribution in [-0.2, 0) is 5.41 Å². The SMILES string of the molecule is [B]C1CCC(C)CC(C)(c2cccc(OC)c2)C1. The van der Waals surface area contributed by atoms with Crippen molar-refractivity contribution in [1.29, 1.82) is 0 Å². The molecule has 3 atom stereocenters. The predicted octanol–water partition coefficient (Wildman–Crippen LogP) is 4.12. The Bertz CT molecular complexity index is 390. The predicted molar refractivity (Wildman–Crippen MR) is 77.5 cm³/mol. The Morgan fingerprint density at radius 2 is 2.06 bits per heavy atom. The zero-order chi connectivity index (χ0) is 13.2. The summed E-state index contributed by atoms with van der Waals surface area (Å²) in [5.74, 6) is 2.01. The van der Waals surface area contributed by atoms with Gasteiger partial charge in [0.05, 0.1) is 15.0 Å². The summed E-state index contributed by atoms with van der Waals surface area (Å²) in [7, 11) is 7.97. The van der Waals surface area contributed by atoms with Crippen LogP contribution in [0.2, 0.25) is 5.82 Å². The van der Waals surface area contributed by atoms with Gasteiger partial charge in [-0.1, -0.05) is 44.6 Å². The first-order chi connectivity index (χ1) is 8.53. The fourth-order valence-electron chi connectivity index (χ4n) is 3.37. The van der Waals surface area contributed by atoms with Gasteiger partial charge < -0.3 is 4.74 Å². The average molecular weight is 242 g/mol. The van der Waals surface area contributed by atoms with Crippen molar-refractivity contribution in [3.63, 3.8) is 0 Å². The van der Waals surface area contributed by atoms with Gasteiger partial charge in [0, 0.05) is 0 Å². The van der Waals surface area contributed by atoms with Gasteiger partial charge in [-0.3, -0.25) is 0 Å². The fraction of sp³-hybridized carbons (Fsp3) is 0.625. The van der Waals surface area contributed by atoms with Crippen molar-refractivity contribution in [2.24, 2.45) is 5.92 Å². The second-order valence-corrected chi connectivity index (χ2v) is 6.14. The Morgan fingerprint density at radius 1 is 1.28 bits per heavy atom. The minimum absolute atomic E-state index is 0.184. The molecule has 96 valence electrons. The fourth-order valence-corrected chi connectivity index (χ4v) is 3.37. The third-order valence-corrected chi connectivity index (χ3v) is 4.31. The molecule has 1 fully saturated rings. The Morgan fingerprint density at radius 3 is 2.78 bits per heavy atom. The van der Waals surface area contributed by atoms with E-state index >= 15 is 0 Å². The van der Waals surface area contributed by atoms with Crippen LogP contribution in [0.15, 0.2) is 24.3 Å². The molecule has 2 radical (unpaired) electrons. The van der Waals surface area contributed by atoms with Gasteiger partial charge in [-0.05, 0) is 41.9 Å². The highest BCUT2D eigenvalue weighted by molar-refractivity contribution is 6.11. The summed E-state index contributed by atoms with van der Waals surface area (Å²) in [5.41, 5.74) is 1.55. The monoisotopic (exact) mass is 242 g/mol. The zero-order valence-corrected chi connectivity index (χ0v) is 11.8. The smallest absolute Gasteiger partial charge is 0.119 e. The third-order valence-electron chi connectivity index (χ3n) is 4.31. The molecule has 2 heteroatoms. The second kappa shape index (κ2) is 5.38. The maximum atomic E-state index is 6.25. The third kappa shape index (κ3) is 2.91. The molecule has 0 spiro atoms. The van der Waals surface area contributed by atoms with Crippen molar-refractivity contribution in [3.05, 3.63) is 29.8 Å². The summed E-state index contributed by atoms with van der Waals surface area (Å²) < 4.78 is 5.34. The second-order valence-electron chi connectivity index (χ2n) is 6.14.